The minimum Gasteiger partial charge on any atom is -0.449 e. The fourth-order valence-corrected chi connectivity index (χ4v) is 1.68. The Hall–Kier alpha value is -1.29. The highest BCUT2D eigenvalue weighted by molar-refractivity contribution is 5.70. The summed E-state index contributed by atoms with van der Waals surface area (Å²) in [5.41, 5.74) is 0. The fourth-order valence-electron chi connectivity index (χ4n) is 1.68. The molecule has 1 amide bonds. The molecule has 0 atom stereocenters. The zero-order valence-corrected chi connectivity index (χ0v) is 11.4. The van der Waals surface area contributed by atoms with E-state index < -0.39 is 0 Å². The Kier molecular flexibility index (Phi) is 7.18. The van der Waals surface area contributed by atoms with Crippen LogP contribution >= 0.6 is 0 Å². The predicted octanol–water partition coefficient (Wildman–Crippen LogP) is 2.88. The number of amides is 1. The first-order valence-corrected chi connectivity index (χ1v) is 6.70. The summed E-state index contributed by atoms with van der Waals surface area (Å²) in [7, 11) is 1.96. The van der Waals surface area contributed by atoms with Gasteiger partial charge in [-0.1, -0.05) is 31.9 Å². The van der Waals surface area contributed by atoms with Crippen LogP contribution < -0.4 is 5.32 Å². The summed E-state index contributed by atoms with van der Waals surface area (Å²) in [4.78, 5) is 13.1. The molecule has 1 heterocycles. The number of unbranched alkanes of at least 4 members (excludes halogenated alkanes) is 3. The Balaban J connectivity index is 2.04. The standard InChI is InChI=1S/C14H24N2O2/c1-13-7-10-16(11-8-13)14(17)18-12-6-4-3-5-9-15-2/h7-8,10-11,13,15H,3-6,9,12H2,1-2H3. The van der Waals surface area contributed by atoms with E-state index >= 15 is 0 Å². The van der Waals surface area contributed by atoms with Crippen molar-refractivity contribution in [1.29, 1.82) is 0 Å². The third-order valence-corrected chi connectivity index (χ3v) is 2.86. The number of ether oxygens (including phenoxy) is 1. The first-order valence-electron chi connectivity index (χ1n) is 6.70. The van der Waals surface area contributed by atoms with Crippen molar-refractivity contribution in [3.05, 3.63) is 24.6 Å². The van der Waals surface area contributed by atoms with Crippen LogP contribution in [0.2, 0.25) is 0 Å². The second kappa shape index (κ2) is 8.75. The molecule has 4 nitrogen and oxygen atoms in total. The van der Waals surface area contributed by atoms with Crippen molar-refractivity contribution in [2.75, 3.05) is 20.2 Å². The van der Waals surface area contributed by atoms with Gasteiger partial charge in [0.15, 0.2) is 0 Å². The summed E-state index contributed by atoms with van der Waals surface area (Å²) < 4.78 is 5.19. The molecule has 0 aliphatic carbocycles. The van der Waals surface area contributed by atoms with E-state index in [-0.39, 0.29) is 6.09 Å². The van der Waals surface area contributed by atoms with Gasteiger partial charge < -0.3 is 10.1 Å². The maximum absolute atomic E-state index is 11.6. The van der Waals surface area contributed by atoms with Gasteiger partial charge in [-0.15, -0.1) is 0 Å². The van der Waals surface area contributed by atoms with E-state index in [9.17, 15) is 4.79 Å². The van der Waals surface area contributed by atoms with E-state index in [0.29, 0.717) is 12.5 Å². The smallest absolute Gasteiger partial charge is 0.417 e. The highest BCUT2D eigenvalue weighted by Gasteiger charge is 2.11. The van der Waals surface area contributed by atoms with Crippen molar-refractivity contribution >= 4 is 6.09 Å². The Morgan fingerprint density at radius 2 is 1.89 bits per heavy atom. The molecule has 0 bridgehead atoms. The lowest BCUT2D eigenvalue weighted by molar-refractivity contribution is 0.125. The topological polar surface area (TPSA) is 41.6 Å². The van der Waals surface area contributed by atoms with E-state index in [4.69, 9.17) is 4.74 Å². The molecule has 0 fully saturated rings. The fraction of sp³-hybridized carbons (Fsp3) is 0.643. The Morgan fingerprint density at radius 3 is 2.56 bits per heavy atom. The molecule has 4 heteroatoms. The van der Waals surface area contributed by atoms with Crippen molar-refractivity contribution in [1.82, 2.24) is 10.2 Å². The Bertz CT molecular complexity index is 286. The van der Waals surface area contributed by atoms with Crippen LogP contribution in [0.4, 0.5) is 4.79 Å². The third-order valence-electron chi connectivity index (χ3n) is 2.86. The molecule has 0 saturated carbocycles. The molecule has 102 valence electrons. The van der Waals surface area contributed by atoms with Crippen LogP contribution in [-0.4, -0.2) is 31.2 Å². The highest BCUT2D eigenvalue weighted by atomic mass is 16.6. The molecule has 0 saturated heterocycles. The van der Waals surface area contributed by atoms with Crippen LogP contribution in [0.5, 0.6) is 0 Å². The molecule has 18 heavy (non-hydrogen) atoms. The quantitative estimate of drug-likeness (QED) is 0.708. The summed E-state index contributed by atoms with van der Waals surface area (Å²) in [5.74, 6) is 0.390. The second-order valence-electron chi connectivity index (χ2n) is 4.58. The van der Waals surface area contributed by atoms with Crippen LogP contribution in [0.15, 0.2) is 24.6 Å². The number of nitrogens with zero attached hydrogens (tertiary/aromatic N) is 1. The summed E-state index contributed by atoms with van der Waals surface area (Å²) in [6.07, 6.45) is 11.6. The van der Waals surface area contributed by atoms with Gasteiger partial charge in [0.2, 0.25) is 0 Å². The summed E-state index contributed by atoms with van der Waals surface area (Å²) in [6, 6.07) is 0. The van der Waals surface area contributed by atoms with E-state index in [1.807, 2.05) is 19.2 Å². The summed E-state index contributed by atoms with van der Waals surface area (Å²) >= 11 is 0. The van der Waals surface area contributed by atoms with Gasteiger partial charge in [-0.2, -0.15) is 0 Å². The molecular weight excluding hydrogens is 228 g/mol. The molecule has 1 N–H and O–H groups in total. The molecule has 0 unspecified atom stereocenters. The third kappa shape index (κ3) is 5.87. The van der Waals surface area contributed by atoms with Crippen molar-refractivity contribution in [2.45, 2.75) is 32.6 Å². The monoisotopic (exact) mass is 252 g/mol. The molecule has 1 aliphatic heterocycles. The van der Waals surface area contributed by atoms with Crippen LogP contribution in [0, 0.1) is 5.92 Å². The Labute approximate surface area is 110 Å². The lowest BCUT2D eigenvalue weighted by Crippen LogP contribution is -2.23. The second-order valence-corrected chi connectivity index (χ2v) is 4.58. The number of nitrogens with one attached hydrogen (secondary N) is 1. The Morgan fingerprint density at radius 1 is 1.22 bits per heavy atom. The van der Waals surface area contributed by atoms with Gasteiger partial charge in [-0.05, 0) is 32.4 Å². The number of carbonyl (C=O) groups is 1. The van der Waals surface area contributed by atoms with Crippen LogP contribution in [0.25, 0.3) is 0 Å². The van der Waals surface area contributed by atoms with E-state index in [2.05, 4.69) is 12.2 Å². The van der Waals surface area contributed by atoms with E-state index in [1.165, 1.54) is 17.7 Å². The average molecular weight is 252 g/mol. The normalized spacial score (nSPS) is 15.1. The van der Waals surface area contributed by atoms with Crippen molar-refractivity contribution < 1.29 is 9.53 Å². The molecule has 0 radical (unpaired) electrons. The first-order chi connectivity index (χ1) is 8.74. The van der Waals surface area contributed by atoms with E-state index in [1.54, 1.807) is 12.4 Å². The van der Waals surface area contributed by atoms with Crippen molar-refractivity contribution in [3.8, 4) is 0 Å². The zero-order chi connectivity index (χ0) is 13.2. The predicted molar refractivity (Wildman–Crippen MR) is 73.0 cm³/mol. The van der Waals surface area contributed by atoms with Crippen LogP contribution in [0.3, 0.4) is 0 Å². The molecule has 0 spiro atoms. The SMILES string of the molecule is CNCCCCCCOC(=O)N1C=CC(C)C=C1. The molecular formula is C14H24N2O2. The lowest BCUT2D eigenvalue weighted by atomic mass is 10.1. The van der Waals surface area contributed by atoms with Gasteiger partial charge in [-0.25, -0.2) is 4.79 Å². The van der Waals surface area contributed by atoms with Crippen LogP contribution in [-0.2, 0) is 4.74 Å². The highest BCUT2D eigenvalue weighted by Crippen LogP contribution is 2.10. The summed E-state index contributed by atoms with van der Waals surface area (Å²) in [5, 5.41) is 3.12. The van der Waals surface area contributed by atoms with Gasteiger partial charge >= 0.3 is 6.09 Å². The molecule has 0 aromatic rings. The zero-order valence-electron chi connectivity index (χ0n) is 11.4. The minimum absolute atomic E-state index is 0.287. The molecule has 0 aromatic carbocycles. The first kappa shape index (κ1) is 14.8. The largest absolute Gasteiger partial charge is 0.449 e. The van der Waals surface area contributed by atoms with Crippen molar-refractivity contribution in [2.24, 2.45) is 5.92 Å². The minimum atomic E-state index is -0.287. The van der Waals surface area contributed by atoms with Crippen molar-refractivity contribution in [3.63, 3.8) is 0 Å². The number of allylic oxidation sites excluding steroid dienone is 2. The maximum atomic E-state index is 11.6. The number of hydrogen-bond donors (Lipinski definition) is 1. The van der Waals surface area contributed by atoms with Gasteiger partial charge in [0.1, 0.15) is 0 Å². The lowest BCUT2D eigenvalue weighted by Gasteiger charge is -2.17. The average Bonchev–Trinajstić information content (AvgIpc) is 2.38. The van der Waals surface area contributed by atoms with Crippen LogP contribution in [0.1, 0.15) is 32.6 Å². The van der Waals surface area contributed by atoms with Gasteiger partial charge in [0, 0.05) is 12.4 Å². The van der Waals surface area contributed by atoms with Gasteiger partial charge in [0.25, 0.3) is 0 Å². The van der Waals surface area contributed by atoms with E-state index in [0.717, 1.165) is 19.4 Å². The maximum Gasteiger partial charge on any atom is 0.417 e. The molecule has 1 rings (SSSR count). The molecule has 0 aromatic heterocycles. The van der Waals surface area contributed by atoms with Gasteiger partial charge in [0.05, 0.1) is 6.61 Å². The number of hydrogen-bond acceptors (Lipinski definition) is 3. The summed E-state index contributed by atoms with van der Waals surface area (Å²) in [6.45, 7) is 3.63. The number of carbonyl (C=O) groups excluding carboxylic acids is 1. The van der Waals surface area contributed by atoms with Gasteiger partial charge in [-0.3, -0.25) is 4.90 Å². The number of rotatable bonds is 7. The molecule has 1 aliphatic rings.